The van der Waals surface area contributed by atoms with Crippen molar-refractivity contribution in [2.45, 2.75) is 6.42 Å². The number of aromatic nitrogens is 3. The van der Waals surface area contributed by atoms with E-state index in [1.165, 1.54) is 12.1 Å². The summed E-state index contributed by atoms with van der Waals surface area (Å²) < 4.78 is 5.56. The normalized spacial score (nSPS) is 10.5. The summed E-state index contributed by atoms with van der Waals surface area (Å²) in [5.74, 6) is 0.850. The number of hydrogen-bond acceptors (Lipinski definition) is 6. The zero-order valence-corrected chi connectivity index (χ0v) is 10.8. The van der Waals surface area contributed by atoms with Gasteiger partial charge in [0.2, 0.25) is 11.8 Å². The van der Waals surface area contributed by atoms with E-state index in [4.69, 9.17) is 4.42 Å². The van der Waals surface area contributed by atoms with Crippen LogP contribution in [0.3, 0.4) is 0 Å². The molecule has 3 rings (SSSR count). The van der Waals surface area contributed by atoms with Crippen molar-refractivity contribution in [3.05, 3.63) is 70.4 Å². The van der Waals surface area contributed by atoms with Crippen LogP contribution in [0.1, 0.15) is 11.5 Å². The maximum Gasteiger partial charge on any atom is 0.269 e. The van der Waals surface area contributed by atoms with E-state index in [1.807, 2.05) is 6.07 Å². The van der Waals surface area contributed by atoms with Gasteiger partial charge >= 0.3 is 0 Å². The van der Waals surface area contributed by atoms with Crippen LogP contribution in [-0.4, -0.2) is 20.1 Å². The Morgan fingerprint density at radius 3 is 2.62 bits per heavy atom. The lowest BCUT2D eigenvalue weighted by Gasteiger charge is -1.96. The monoisotopic (exact) mass is 282 g/mol. The van der Waals surface area contributed by atoms with Crippen LogP contribution in [0.2, 0.25) is 0 Å². The van der Waals surface area contributed by atoms with E-state index in [1.54, 1.807) is 30.6 Å². The van der Waals surface area contributed by atoms with Gasteiger partial charge in [0.25, 0.3) is 5.69 Å². The fourth-order valence-corrected chi connectivity index (χ4v) is 1.84. The first kappa shape index (κ1) is 12.9. The van der Waals surface area contributed by atoms with Crippen LogP contribution in [0.25, 0.3) is 11.5 Å². The van der Waals surface area contributed by atoms with Crippen LogP contribution in [0.15, 0.2) is 53.2 Å². The van der Waals surface area contributed by atoms with Crippen molar-refractivity contribution in [1.82, 2.24) is 15.2 Å². The Morgan fingerprint density at radius 1 is 1.14 bits per heavy atom. The summed E-state index contributed by atoms with van der Waals surface area (Å²) in [6, 6.07) is 9.87. The predicted octanol–water partition coefficient (Wildman–Crippen LogP) is 2.63. The lowest BCUT2D eigenvalue weighted by molar-refractivity contribution is -0.384. The summed E-state index contributed by atoms with van der Waals surface area (Å²) in [5, 5.41) is 18.5. The number of hydrogen-bond donors (Lipinski definition) is 0. The van der Waals surface area contributed by atoms with Gasteiger partial charge in [0.05, 0.1) is 16.9 Å². The van der Waals surface area contributed by atoms with E-state index >= 15 is 0 Å². The summed E-state index contributed by atoms with van der Waals surface area (Å²) in [6.07, 6.45) is 3.73. The molecule has 0 amide bonds. The molecule has 0 radical (unpaired) electrons. The molecule has 0 aliphatic carbocycles. The molecule has 0 aliphatic rings. The van der Waals surface area contributed by atoms with Crippen molar-refractivity contribution in [3.63, 3.8) is 0 Å². The molecule has 3 aromatic rings. The van der Waals surface area contributed by atoms with Gasteiger partial charge in [0, 0.05) is 24.5 Å². The molecule has 21 heavy (non-hydrogen) atoms. The SMILES string of the molecule is O=[N+]([O-])c1ccc(Cc2nnc(-c3cccnc3)o2)cc1. The predicted molar refractivity (Wildman–Crippen MR) is 73.4 cm³/mol. The first-order valence-corrected chi connectivity index (χ1v) is 6.18. The van der Waals surface area contributed by atoms with E-state index in [2.05, 4.69) is 15.2 Å². The number of nitro groups is 1. The van der Waals surface area contributed by atoms with E-state index in [-0.39, 0.29) is 5.69 Å². The highest BCUT2D eigenvalue weighted by Gasteiger charge is 2.10. The summed E-state index contributed by atoms with van der Waals surface area (Å²) in [6.45, 7) is 0. The molecule has 0 atom stereocenters. The molecular weight excluding hydrogens is 272 g/mol. The van der Waals surface area contributed by atoms with Crippen LogP contribution >= 0.6 is 0 Å². The smallest absolute Gasteiger partial charge is 0.269 e. The van der Waals surface area contributed by atoms with Crippen LogP contribution < -0.4 is 0 Å². The van der Waals surface area contributed by atoms with Gasteiger partial charge < -0.3 is 4.42 Å². The molecular formula is C14H10N4O3. The molecule has 2 aromatic heterocycles. The minimum Gasteiger partial charge on any atom is -0.420 e. The summed E-state index contributed by atoms with van der Waals surface area (Å²) in [5.41, 5.74) is 1.67. The molecule has 0 bridgehead atoms. The van der Waals surface area contributed by atoms with Gasteiger partial charge in [-0.25, -0.2) is 0 Å². The van der Waals surface area contributed by atoms with Crippen LogP contribution in [0, 0.1) is 10.1 Å². The number of nitrogens with zero attached hydrogens (tertiary/aromatic N) is 4. The van der Waals surface area contributed by atoms with Crippen molar-refractivity contribution in [3.8, 4) is 11.5 Å². The van der Waals surface area contributed by atoms with Gasteiger partial charge in [0.1, 0.15) is 0 Å². The van der Waals surface area contributed by atoms with Crippen molar-refractivity contribution < 1.29 is 9.34 Å². The molecule has 7 heteroatoms. The average molecular weight is 282 g/mol. The number of benzene rings is 1. The number of rotatable bonds is 4. The molecule has 0 fully saturated rings. The van der Waals surface area contributed by atoms with Gasteiger partial charge in [-0.1, -0.05) is 12.1 Å². The minimum atomic E-state index is -0.434. The molecule has 0 saturated carbocycles. The highest BCUT2D eigenvalue weighted by Crippen LogP contribution is 2.19. The Labute approximate surface area is 119 Å². The molecule has 2 heterocycles. The third-order valence-electron chi connectivity index (χ3n) is 2.88. The minimum absolute atomic E-state index is 0.0559. The Kier molecular flexibility index (Phi) is 3.38. The van der Waals surface area contributed by atoms with Gasteiger partial charge in [-0.05, 0) is 17.7 Å². The van der Waals surface area contributed by atoms with E-state index in [0.29, 0.717) is 18.2 Å². The Balaban J connectivity index is 1.77. The number of pyridine rings is 1. The van der Waals surface area contributed by atoms with Gasteiger partial charge in [0.15, 0.2) is 0 Å². The van der Waals surface area contributed by atoms with Crippen LogP contribution in [0.4, 0.5) is 5.69 Å². The molecule has 1 aromatic carbocycles. The van der Waals surface area contributed by atoms with E-state index < -0.39 is 4.92 Å². The highest BCUT2D eigenvalue weighted by molar-refractivity contribution is 5.50. The molecule has 0 unspecified atom stereocenters. The molecule has 0 aliphatic heterocycles. The topological polar surface area (TPSA) is 95.0 Å². The quantitative estimate of drug-likeness (QED) is 0.539. The Hall–Kier alpha value is -3.09. The molecule has 0 N–H and O–H groups in total. The maximum absolute atomic E-state index is 10.6. The maximum atomic E-state index is 10.6. The number of nitro benzene ring substituents is 1. The van der Waals surface area contributed by atoms with Crippen LogP contribution in [-0.2, 0) is 6.42 Å². The summed E-state index contributed by atoms with van der Waals surface area (Å²) >= 11 is 0. The van der Waals surface area contributed by atoms with Gasteiger partial charge in [-0.2, -0.15) is 0 Å². The third-order valence-corrected chi connectivity index (χ3v) is 2.88. The van der Waals surface area contributed by atoms with Crippen LogP contribution in [0.5, 0.6) is 0 Å². The van der Waals surface area contributed by atoms with Gasteiger partial charge in [-0.3, -0.25) is 15.1 Å². The lowest BCUT2D eigenvalue weighted by atomic mass is 10.1. The summed E-state index contributed by atoms with van der Waals surface area (Å²) in [7, 11) is 0. The number of non-ortho nitro benzene ring substituents is 1. The fourth-order valence-electron chi connectivity index (χ4n) is 1.84. The summed E-state index contributed by atoms with van der Waals surface area (Å²) in [4.78, 5) is 14.1. The standard InChI is InChI=1S/C14H10N4O3/c19-18(20)12-5-3-10(4-6-12)8-13-16-17-14(21-13)11-2-1-7-15-9-11/h1-7,9H,8H2. The molecule has 0 spiro atoms. The lowest BCUT2D eigenvalue weighted by Crippen LogP contribution is -1.91. The van der Waals surface area contributed by atoms with Crippen molar-refractivity contribution in [1.29, 1.82) is 0 Å². The third kappa shape index (κ3) is 2.92. The van der Waals surface area contributed by atoms with Crippen molar-refractivity contribution in [2.24, 2.45) is 0 Å². The second-order valence-corrected chi connectivity index (χ2v) is 4.34. The van der Waals surface area contributed by atoms with E-state index in [9.17, 15) is 10.1 Å². The first-order chi connectivity index (χ1) is 10.2. The van der Waals surface area contributed by atoms with Crippen molar-refractivity contribution >= 4 is 5.69 Å². The Bertz CT molecular complexity index is 753. The van der Waals surface area contributed by atoms with Crippen molar-refractivity contribution in [2.75, 3.05) is 0 Å². The Morgan fingerprint density at radius 2 is 1.95 bits per heavy atom. The molecule has 0 saturated heterocycles. The zero-order chi connectivity index (χ0) is 14.7. The molecule has 104 valence electrons. The molecule has 7 nitrogen and oxygen atoms in total. The van der Waals surface area contributed by atoms with Gasteiger partial charge in [-0.15, -0.1) is 10.2 Å². The fraction of sp³-hybridized carbons (Fsp3) is 0.0714. The second-order valence-electron chi connectivity index (χ2n) is 4.34. The second kappa shape index (κ2) is 5.49. The average Bonchev–Trinajstić information content (AvgIpc) is 2.97. The zero-order valence-electron chi connectivity index (χ0n) is 10.8. The van der Waals surface area contributed by atoms with E-state index in [0.717, 1.165) is 11.1 Å². The highest BCUT2D eigenvalue weighted by atomic mass is 16.6. The largest absolute Gasteiger partial charge is 0.420 e. The first-order valence-electron chi connectivity index (χ1n) is 6.18.